The predicted octanol–water partition coefficient (Wildman–Crippen LogP) is 4.27. The lowest BCUT2D eigenvalue weighted by atomic mass is 10.1. The van der Waals surface area contributed by atoms with Gasteiger partial charge in [-0.05, 0) is 36.4 Å². The second kappa shape index (κ2) is 4.81. The van der Waals surface area contributed by atoms with Crippen LogP contribution in [0.2, 0.25) is 0 Å². The Kier molecular flexibility index (Phi) is 3.14. The van der Waals surface area contributed by atoms with E-state index in [1.807, 2.05) is 12.1 Å². The maximum absolute atomic E-state index is 13.7. The molecule has 98 valence electrons. The molecule has 1 unspecified atom stereocenters. The van der Waals surface area contributed by atoms with Gasteiger partial charge in [0.1, 0.15) is 23.5 Å². The van der Waals surface area contributed by atoms with Gasteiger partial charge >= 0.3 is 0 Å². The summed E-state index contributed by atoms with van der Waals surface area (Å²) in [6, 6.07) is 8.89. The molecular weight excluding hydrogens is 316 g/mol. The van der Waals surface area contributed by atoms with Crippen molar-refractivity contribution in [1.29, 1.82) is 0 Å². The summed E-state index contributed by atoms with van der Waals surface area (Å²) in [5.41, 5.74) is 1.06. The summed E-state index contributed by atoms with van der Waals surface area (Å²) >= 11 is 3.37. The average molecular weight is 326 g/mol. The largest absolute Gasteiger partial charge is 0.482 e. The van der Waals surface area contributed by atoms with Gasteiger partial charge in [0.25, 0.3) is 0 Å². The highest BCUT2D eigenvalue weighted by Gasteiger charge is 2.24. The standard InChI is InChI=1S/C14H10BrF2NO/c15-8-1-4-13-12(5-8)18-7-14(19-13)10-6-9(16)2-3-11(10)17/h1-6,14,18H,7H2. The van der Waals surface area contributed by atoms with E-state index < -0.39 is 17.7 Å². The van der Waals surface area contributed by atoms with Gasteiger partial charge in [-0.3, -0.25) is 0 Å². The predicted molar refractivity (Wildman–Crippen MR) is 72.4 cm³/mol. The third-order valence-corrected chi connectivity index (χ3v) is 3.49. The third-order valence-electron chi connectivity index (χ3n) is 2.99. The Labute approximate surface area is 117 Å². The average Bonchev–Trinajstić information content (AvgIpc) is 2.41. The SMILES string of the molecule is Fc1ccc(F)c(C2CNc3cc(Br)ccc3O2)c1. The van der Waals surface area contributed by atoms with Crippen LogP contribution in [0.5, 0.6) is 5.75 Å². The lowest BCUT2D eigenvalue weighted by molar-refractivity contribution is 0.205. The van der Waals surface area contributed by atoms with Gasteiger partial charge in [0.15, 0.2) is 0 Å². The highest BCUT2D eigenvalue weighted by atomic mass is 79.9. The van der Waals surface area contributed by atoms with Crippen LogP contribution in [0.15, 0.2) is 40.9 Å². The highest BCUT2D eigenvalue weighted by molar-refractivity contribution is 9.10. The Morgan fingerprint density at radius 3 is 2.84 bits per heavy atom. The fraction of sp³-hybridized carbons (Fsp3) is 0.143. The van der Waals surface area contributed by atoms with E-state index in [1.165, 1.54) is 6.07 Å². The zero-order chi connectivity index (χ0) is 13.4. The molecule has 0 fully saturated rings. The molecular formula is C14H10BrF2NO. The quantitative estimate of drug-likeness (QED) is 0.845. The van der Waals surface area contributed by atoms with Crippen LogP contribution in [-0.2, 0) is 0 Å². The molecule has 2 aromatic rings. The lowest BCUT2D eigenvalue weighted by Gasteiger charge is -2.28. The van der Waals surface area contributed by atoms with Crippen molar-refractivity contribution in [2.45, 2.75) is 6.10 Å². The zero-order valence-corrected chi connectivity index (χ0v) is 11.4. The van der Waals surface area contributed by atoms with Gasteiger partial charge in [-0.15, -0.1) is 0 Å². The molecule has 2 aromatic carbocycles. The second-order valence-electron chi connectivity index (χ2n) is 4.29. The van der Waals surface area contributed by atoms with E-state index in [-0.39, 0.29) is 5.56 Å². The van der Waals surface area contributed by atoms with Crippen LogP contribution in [0.1, 0.15) is 11.7 Å². The fourth-order valence-electron chi connectivity index (χ4n) is 2.08. The van der Waals surface area contributed by atoms with Gasteiger partial charge in [-0.25, -0.2) is 8.78 Å². The number of anilines is 1. The Balaban J connectivity index is 1.93. The minimum atomic E-state index is -0.538. The van der Waals surface area contributed by atoms with Crippen molar-refractivity contribution in [3.8, 4) is 5.75 Å². The summed E-state index contributed by atoms with van der Waals surface area (Å²) < 4.78 is 33.6. The lowest BCUT2D eigenvalue weighted by Crippen LogP contribution is -2.24. The Morgan fingerprint density at radius 2 is 2.00 bits per heavy atom. The summed E-state index contributed by atoms with van der Waals surface area (Å²) in [6.45, 7) is 0.393. The maximum atomic E-state index is 13.7. The Bertz CT molecular complexity index is 633. The monoisotopic (exact) mass is 325 g/mol. The molecule has 1 heterocycles. The van der Waals surface area contributed by atoms with Crippen LogP contribution in [0.25, 0.3) is 0 Å². The van der Waals surface area contributed by atoms with E-state index in [4.69, 9.17) is 4.74 Å². The minimum Gasteiger partial charge on any atom is -0.482 e. The zero-order valence-electron chi connectivity index (χ0n) is 9.79. The molecule has 5 heteroatoms. The van der Waals surface area contributed by atoms with Crippen molar-refractivity contribution in [1.82, 2.24) is 0 Å². The van der Waals surface area contributed by atoms with E-state index >= 15 is 0 Å². The normalized spacial score (nSPS) is 17.3. The molecule has 1 N–H and O–H groups in total. The van der Waals surface area contributed by atoms with Gasteiger partial charge in [0.05, 0.1) is 12.2 Å². The van der Waals surface area contributed by atoms with Crippen LogP contribution in [-0.4, -0.2) is 6.54 Å². The molecule has 0 aliphatic carbocycles. The van der Waals surface area contributed by atoms with E-state index in [0.717, 1.165) is 22.3 Å². The molecule has 0 radical (unpaired) electrons. The summed E-state index contributed by atoms with van der Waals surface area (Å²) in [7, 11) is 0. The van der Waals surface area contributed by atoms with Crippen LogP contribution in [0, 0.1) is 11.6 Å². The maximum Gasteiger partial charge on any atom is 0.144 e. The molecule has 1 aliphatic heterocycles. The molecule has 0 aromatic heterocycles. The van der Waals surface area contributed by atoms with Gasteiger partial charge in [0, 0.05) is 10.0 Å². The van der Waals surface area contributed by atoms with Crippen LogP contribution in [0.4, 0.5) is 14.5 Å². The number of hydrogen-bond acceptors (Lipinski definition) is 2. The van der Waals surface area contributed by atoms with Crippen LogP contribution >= 0.6 is 15.9 Å². The van der Waals surface area contributed by atoms with E-state index in [9.17, 15) is 8.78 Å². The topological polar surface area (TPSA) is 21.3 Å². The second-order valence-corrected chi connectivity index (χ2v) is 5.21. The number of halogens is 3. The molecule has 0 saturated carbocycles. The molecule has 0 saturated heterocycles. The van der Waals surface area contributed by atoms with Crippen molar-refractivity contribution in [2.24, 2.45) is 0 Å². The van der Waals surface area contributed by atoms with Gasteiger partial charge in [0.2, 0.25) is 0 Å². The van der Waals surface area contributed by atoms with Crippen molar-refractivity contribution < 1.29 is 13.5 Å². The first-order valence-electron chi connectivity index (χ1n) is 5.78. The Hall–Kier alpha value is -1.62. The van der Waals surface area contributed by atoms with Crippen LogP contribution in [0.3, 0.4) is 0 Å². The first kappa shape index (κ1) is 12.4. The minimum absolute atomic E-state index is 0.223. The first-order chi connectivity index (χ1) is 9.13. The molecule has 3 rings (SSSR count). The number of rotatable bonds is 1. The highest BCUT2D eigenvalue weighted by Crippen LogP contribution is 2.36. The van der Waals surface area contributed by atoms with Gasteiger partial charge in [-0.2, -0.15) is 0 Å². The molecule has 0 spiro atoms. The fourth-order valence-corrected chi connectivity index (χ4v) is 2.44. The summed E-state index contributed by atoms with van der Waals surface area (Å²) in [4.78, 5) is 0. The summed E-state index contributed by atoms with van der Waals surface area (Å²) in [5, 5.41) is 3.15. The van der Waals surface area contributed by atoms with Gasteiger partial charge < -0.3 is 10.1 Å². The number of ether oxygens (including phenoxy) is 1. The molecule has 1 aliphatic rings. The number of nitrogens with one attached hydrogen (secondary N) is 1. The smallest absolute Gasteiger partial charge is 0.144 e. The number of fused-ring (bicyclic) bond motifs is 1. The number of hydrogen-bond donors (Lipinski definition) is 1. The summed E-state index contributed by atoms with van der Waals surface area (Å²) in [6.07, 6.45) is -0.538. The molecule has 0 bridgehead atoms. The van der Waals surface area contributed by atoms with E-state index in [0.29, 0.717) is 12.3 Å². The first-order valence-corrected chi connectivity index (χ1v) is 6.58. The molecule has 2 nitrogen and oxygen atoms in total. The van der Waals surface area contributed by atoms with Crippen molar-refractivity contribution >= 4 is 21.6 Å². The van der Waals surface area contributed by atoms with Crippen molar-refractivity contribution in [3.05, 3.63) is 58.1 Å². The van der Waals surface area contributed by atoms with Crippen LogP contribution < -0.4 is 10.1 Å². The molecule has 1 atom stereocenters. The molecule has 0 amide bonds. The van der Waals surface area contributed by atoms with Gasteiger partial charge in [-0.1, -0.05) is 15.9 Å². The summed E-state index contributed by atoms with van der Waals surface area (Å²) in [5.74, 6) is -0.307. The third kappa shape index (κ3) is 2.42. The van der Waals surface area contributed by atoms with Crippen molar-refractivity contribution in [2.75, 3.05) is 11.9 Å². The van der Waals surface area contributed by atoms with E-state index in [1.54, 1.807) is 6.07 Å². The molecule has 19 heavy (non-hydrogen) atoms. The van der Waals surface area contributed by atoms with Crippen molar-refractivity contribution in [3.63, 3.8) is 0 Å². The Morgan fingerprint density at radius 1 is 1.16 bits per heavy atom. The van der Waals surface area contributed by atoms with E-state index in [2.05, 4.69) is 21.2 Å². The number of benzene rings is 2.